The summed E-state index contributed by atoms with van der Waals surface area (Å²) in [6.45, 7) is 0.156. The minimum Gasteiger partial charge on any atom is -0.398 e. The fraction of sp³-hybridized carbons (Fsp3) is 0.190. The van der Waals surface area contributed by atoms with Gasteiger partial charge in [0.1, 0.15) is 15.5 Å². The summed E-state index contributed by atoms with van der Waals surface area (Å²) in [5.74, 6) is 0. The molecule has 0 radical (unpaired) electrons. The number of fused-ring (bicyclic) bond motifs is 3. The fourth-order valence-electron chi connectivity index (χ4n) is 3.79. The van der Waals surface area contributed by atoms with Gasteiger partial charge in [-0.15, -0.1) is 22.7 Å². The van der Waals surface area contributed by atoms with Gasteiger partial charge in [0.2, 0.25) is 0 Å². The van der Waals surface area contributed by atoms with Crippen LogP contribution in [0.5, 0.6) is 0 Å². The lowest BCUT2D eigenvalue weighted by Crippen LogP contribution is -2.25. The maximum Gasteiger partial charge on any atom is 0.291 e. The molecule has 0 saturated heterocycles. The van der Waals surface area contributed by atoms with E-state index in [1.165, 1.54) is 33.6 Å². The summed E-state index contributed by atoms with van der Waals surface area (Å²) in [7, 11) is 1.83. The third-order valence-electron chi connectivity index (χ3n) is 5.33. The highest BCUT2D eigenvalue weighted by Gasteiger charge is 2.19. The molecule has 0 aliphatic carbocycles. The highest BCUT2D eigenvalue weighted by Crippen LogP contribution is 2.32. The van der Waals surface area contributed by atoms with Crippen LogP contribution in [0, 0.1) is 5.41 Å². The Kier molecular flexibility index (Phi) is 5.08. The number of aliphatic hydroxyl groups excluding tert-OH is 1. The topological polar surface area (TPSA) is 136 Å². The normalized spacial score (nSPS) is 11.6. The van der Waals surface area contributed by atoms with Crippen LogP contribution in [-0.4, -0.2) is 35.6 Å². The molecule has 0 bridgehead atoms. The van der Waals surface area contributed by atoms with E-state index < -0.39 is 0 Å². The molecule has 5 aromatic rings. The highest BCUT2D eigenvalue weighted by molar-refractivity contribution is 7.19. The summed E-state index contributed by atoms with van der Waals surface area (Å²) in [6.07, 6.45) is 3.47. The Hall–Kier alpha value is -3.41. The van der Waals surface area contributed by atoms with Crippen molar-refractivity contribution in [2.45, 2.75) is 19.6 Å². The predicted molar refractivity (Wildman–Crippen MR) is 127 cm³/mol. The lowest BCUT2D eigenvalue weighted by molar-refractivity contribution is 0.281. The third kappa shape index (κ3) is 3.30. The van der Waals surface area contributed by atoms with Crippen molar-refractivity contribution in [3.8, 4) is 0 Å². The number of benzene rings is 1. The van der Waals surface area contributed by atoms with Crippen molar-refractivity contribution in [3.05, 3.63) is 67.0 Å². The Balaban J connectivity index is 1.55. The van der Waals surface area contributed by atoms with Crippen LogP contribution in [0.3, 0.4) is 0 Å². The molecule has 1 aromatic carbocycles. The molecule has 9 nitrogen and oxygen atoms in total. The van der Waals surface area contributed by atoms with Gasteiger partial charge in [0, 0.05) is 41.7 Å². The second kappa shape index (κ2) is 7.93. The van der Waals surface area contributed by atoms with Crippen LogP contribution in [0.4, 0.5) is 5.69 Å². The van der Waals surface area contributed by atoms with E-state index in [9.17, 15) is 9.90 Å². The van der Waals surface area contributed by atoms with Crippen molar-refractivity contribution in [2.75, 3.05) is 5.73 Å². The smallest absolute Gasteiger partial charge is 0.291 e. The molecule has 4 heterocycles. The molecular weight excluding hydrogens is 446 g/mol. The lowest BCUT2D eigenvalue weighted by atomic mass is 10.1. The molecule has 5 rings (SSSR count). The van der Waals surface area contributed by atoms with Gasteiger partial charge < -0.3 is 20.8 Å². The Morgan fingerprint density at radius 1 is 1.28 bits per heavy atom. The van der Waals surface area contributed by atoms with Crippen LogP contribution < -0.4 is 11.3 Å². The van der Waals surface area contributed by atoms with E-state index in [1.807, 2.05) is 23.1 Å². The van der Waals surface area contributed by atoms with Crippen LogP contribution in [0.15, 0.2) is 34.6 Å². The number of aromatic nitrogens is 5. The molecule has 0 atom stereocenters. The average Bonchev–Trinajstić information content (AvgIpc) is 3.47. The number of aliphatic hydroxyl groups is 1. The molecule has 4 aromatic heterocycles. The molecule has 11 heteroatoms. The summed E-state index contributed by atoms with van der Waals surface area (Å²) < 4.78 is 4.11. The summed E-state index contributed by atoms with van der Waals surface area (Å²) >= 11 is 2.95. The monoisotopic (exact) mass is 465 g/mol. The van der Waals surface area contributed by atoms with E-state index in [-0.39, 0.29) is 18.7 Å². The number of nitrogen functional groups attached to an aromatic ring is 1. The zero-order chi connectivity index (χ0) is 22.4. The lowest BCUT2D eigenvalue weighted by Gasteiger charge is -2.10. The van der Waals surface area contributed by atoms with E-state index in [2.05, 4.69) is 10.1 Å². The summed E-state index contributed by atoms with van der Waals surface area (Å²) in [5.41, 5.74) is 9.73. The Labute approximate surface area is 189 Å². The first-order chi connectivity index (χ1) is 15.5. The number of hydrogen-bond acceptors (Lipinski definition) is 9. The number of hydrogen-bond donors (Lipinski definition) is 3. The minimum absolute atomic E-state index is 0.0655. The molecule has 0 amide bonds. The van der Waals surface area contributed by atoms with Gasteiger partial charge in [0.15, 0.2) is 5.65 Å². The number of thiazole rings is 2. The SMILES string of the molecule is Cn1c2nc(Cc3csc(CO)n3)sc2c2cnn(Cc3cccc(N)c3C=N)c(=O)c21. The van der Waals surface area contributed by atoms with Crippen LogP contribution >= 0.6 is 22.7 Å². The first-order valence-corrected chi connectivity index (χ1v) is 11.5. The van der Waals surface area contributed by atoms with Gasteiger partial charge in [-0.2, -0.15) is 5.10 Å². The summed E-state index contributed by atoms with van der Waals surface area (Å²) in [6, 6.07) is 5.37. The Bertz CT molecular complexity index is 1540. The van der Waals surface area contributed by atoms with Crippen LogP contribution in [0.1, 0.15) is 26.8 Å². The van der Waals surface area contributed by atoms with Crippen molar-refractivity contribution in [3.63, 3.8) is 0 Å². The predicted octanol–water partition coefficient (Wildman–Crippen LogP) is 2.51. The van der Waals surface area contributed by atoms with Crippen molar-refractivity contribution in [1.82, 2.24) is 24.3 Å². The zero-order valence-electron chi connectivity index (χ0n) is 17.1. The summed E-state index contributed by atoms with van der Waals surface area (Å²) in [5, 5.41) is 25.5. The number of aryl methyl sites for hydroxylation is 1. The maximum atomic E-state index is 13.3. The second-order valence-electron chi connectivity index (χ2n) is 7.32. The molecule has 0 aliphatic heterocycles. The van der Waals surface area contributed by atoms with Gasteiger partial charge in [-0.1, -0.05) is 12.1 Å². The molecule has 0 aliphatic rings. The molecule has 0 saturated carbocycles. The van der Waals surface area contributed by atoms with Crippen molar-refractivity contribution in [2.24, 2.45) is 7.05 Å². The molecule has 32 heavy (non-hydrogen) atoms. The molecule has 4 N–H and O–H groups in total. The molecule has 0 spiro atoms. The quantitative estimate of drug-likeness (QED) is 0.260. The first kappa shape index (κ1) is 20.5. The van der Waals surface area contributed by atoms with Gasteiger partial charge in [-0.05, 0) is 11.6 Å². The zero-order valence-corrected chi connectivity index (χ0v) is 18.7. The first-order valence-electron chi connectivity index (χ1n) is 9.76. The number of nitrogens with one attached hydrogen (secondary N) is 1. The molecule has 0 unspecified atom stereocenters. The second-order valence-corrected chi connectivity index (χ2v) is 9.35. The highest BCUT2D eigenvalue weighted by atomic mass is 32.1. The average molecular weight is 466 g/mol. The van der Waals surface area contributed by atoms with E-state index in [4.69, 9.17) is 16.1 Å². The number of nitrogens with zero attached hydrogens (tertiary/aromatic N) is 5. The minimum atomic E-state index is -0.220. The van der Waals surface area contributed by atoms with Crippen LogP contribution in [-0.2, 0) is 26.6 Å². The van der Waals surface area contributed by atoms with Crippen molar-refractivity contribution in [1.29, 1.82) is 5.41 Å². The van der Waals surface area contributed by atoms with Gasteiger partial charge >= 0.3 is 0 Å². The van der Waals surface area contributed by atoms with Crippen LogP contribution in [0.25, 0.3) is 21.3 Å². The largest absolute Gasteiger partial charge is 0.398 e. The van der Waals surface area contributed by atoms with Crippen molar-refractivity contribution < 1.29 is 5.11 Å². The van der Waals surface area contributed by atoms with Gasteiger partial charge in [0.05, 0.1) is 29.7 Å². The van der Waals surface area contributed by atoms with Gasteiger partial charge in [0.25, 0.3) is 5.56 Å². The standard InChI is InChI=1S/C21H19N7O2S2/c1-27-18-14(19-20(27)26-16(32-19)5-12-10-31-17(9-29)25-12)7-24-28(21(18)30)8-11-3-2-4-15(23)13(11)6-22/h2-4,6-7,10,22,29H,5,8-9,23H2,1H3. The van der Waals surface area contributed by atoms with Gasteiger partial charge in [-0.25, -0.2) is 14.6 Å². The summed E-state index contributed by atoms with van der Waals surface area (Å²) in [4.78, 5) is 22.4. The fourth-order valence-corrected chi connectivity index (χ4v) is 5.56. The number of rotatable bonds is 6. The van der Waals surface area contributed by atoms with E-state index in [0.29, 0.717) is 28.2 Å². The van der Waals surface area contributed by atoms with E-state index >= 15 is 0 Å². The van der Waals surface area contributed by atoms with E-state index in [0.717, 1.165) is 32.0 Å². The number of nitrogens with two attached hydrogens (primary N) is 1. The van der Waals surface area contributed by atoms with Gasteiger partial charge in [-0.3, -0.25) is 4.79 Å². The number of anilines is 1. The van der Waals surface area contributed by atoms with E-state index in [1.54, 1.807) is 18.3 Å². The molecule has 162 valence electrons. The van der Waals surface area contributed by atoms with Crippen LogP contribution in [0.2, 0.25) is 0 Å². The molecular formula is C21H19N7O2S2. The Morgan fingerprint density at radius 2 is 2.12 bits per heavy atom. The molecule has 0 fully saturated rings. The Morgan fingerprint density at radius 3 is 2.88 bits per heavy atom. The third-order valence-corrected chi connectivity index (χ3v) is 7.29. The maximum absolute atomic E-state index is 13.3. The van der Waals surface area contributed by atoms with Crippen molar-refractivity contribution >= 4 is 55.8 Å².